The fraction of sp³-hybridized carbons (Fsp3) is 0.294. The van der Waals surface area contributed by atoms with Gasteiger partial charge in [0.25, 0.3) is 0 Å². The molecule has 1 aliphatic heterocycles. The molecule has 0 radical (unpaired) electrons. The van der Waals surface area contributed by atoms with Crippen LogP contribution in [0.3, 0.4) is 0 Å². The van der Waals surface area contributed by atoms with Gasteiger partial charge in [0.15, 0.2) is 0 Å². The molecule has 1 fully saturated rings. The number of nitrogens with zero attached hydrogens (tertiary/aromatic N) is 1. The summed E-state index contributed by atoms with van der Waals surface area (Å²) in [5.74, 6) is 0. The maximum atomic E-state index is 3.51. The van der Waals surface area contributed by atoms with Gasteiger partial charge in [-0.05, 0) is 49.1 Å². The molecule has 1 aliphatic rings. The van der Waals surface area contributed by atoms with Gasteiger partial charge >= 0.3 is 0 Å². The minimum atomic E-state index is 0.522. The van der Waals surface area contributed by atoms with Crippen molar-refractivity contribution in [1.29, 1.82) is 0 Å². The Bertz CT molecular complexity index is 562. The average molecular weight is 316 g/mol. The van der Waals surface area contributed by atoms with Crippen LogP contribution in [0, 0.1) is 6.92 Å². The number of rotatable bonds is 2. The van der Waals surface area contributed by atoms with Gasteiger partial charge in [-0.3, -0.25) is 0 Å². The van der Waals surface area contributed by atoms with Crippen LogP contribution in [0.5, 0.6) is 0 Å². The van der Waals surface area contributed by atoms with Crippen LogP contribution in [0.1, 0.15) is 30.0 Å². The number of hydrogen-bond donors (Lipinski definition) is 0. The van der Waals surface area contributed by atoms with E-state index in [0.29, 0.717) is 6.04 Å². The number of anilines is 1. The van der Waals surface area contributed by atoms with Gasteiger partial charge in [-0.25, -0.2) is 0 Å². The first-order valence-corrected chi connectivity index (χ1v) is 7.63. The van der Waals surface area contributed by atoms with Gasteiger partial charge in [-0.1, -0.05) is 46.3 Å². The Hall–Kier alpha value is -1.28. The summed E-state index contributed by atoms with van der Waals surface area (Å²) in [5, 5.41) is 0. The lowest BCUT2D eigenvalue weighted by atomic mass is 10.0. The highest BCUT2D eigenvalue weighted by Gasteiger charge is 2.26. The third kappa shape index (κ3) is 2.55. The predicted molar refractivity (Wildman–Crippen MR) is 84.6 cm³/mol. The van der Waals surface area contributed by atoms with Crippen molar-refractivity contribution in [1.82, 2.24) is 0 Å². The van der Waals surface area contributed by atoms with Gasteiger partial charge in [0.2, 0.25) is 0 Å². The Morgan fingerprint density at radius 2 is 1.79 bits per heavy atom. The van der Waals surface area contributed by atoms with E-state index in [9.17, 15) is 0 Å². The lowest BCUT2D eigenvalue weighted by Gasteiger charge is -2.28. The maximum absolute atomic E-state index is 3.51. The Morgan fingerprint density at radius 3 is 2.53 bits per heavy atom. The van der Waals surface area contributed by atoms with E-state index < -0.39 is 0 Å². The van der Waals surface area contributed by atoms with Gasteiger partial charge in [-0.2, -0.15) is 0 Å². The number of benzene rings is 2. The van der Waals surface area contributed by atoms with E-state index >= 15 is 0 Å². The quantitative estimate of drug-likeness (QED) is 0.745. The fourth-order valence-corrected chi connectivity index (χ4v) is 3.24. The Kier molecular flexibility index (Phi) is 3.61. The molecule has 0 spiro atoms. The number of hydrogen-bond acceptors (Lipinski definition) is 1. The van der Waals surface area contributed by atoms with E-state index in [-0.39, 0.29) is 0 Å². The van der Waals surface area contributed by atoms with Crippen LogP contribution in [-0.4, -0.2) is 6.54 Å². The molecule has 1 saturated heterocycles. The van der Waals surface area contributed by atoms with E-state index in [1.54, 1.807) is 0 Å². The van der Waals surface area contributed by atoms with E-state index in [1.165, 1.54) is 29.7 Å². The molecule has 2 aromatic rings. The summed E-state index contributed by atoms with van der Waals surface area (Å²) in [7, 11) is 0. The van der Waals surface area contributed by atoms with Crippen molar-refractivity contribution >= 4 is 21.6 Å². The van der Waals surface area contributed by atoms with Crippen LogP contribution < -0.4 is 4.90 Å². The molecule has 3 rings (SSSR count). The highest BCUT2D eigenvalue weighted by atomic mass is 79.9. The molecule has 0 bridgehead atoms. The van der Waals surface area contributed by atoms with Crippen molar-refractivity contribution < 1.29 is 0 Å². The average Bonchev–Trinajstić information content (AvgIpc) is 2.89. The van der Waals surface area contributed by atoms with E-state index in [0.717, 1.165) is 11.0 Å². The van der Waals surface area contributed by atoms with E-state index in [1.807, 2.05) is 0 Å². The zero-order valence-corrected chi connectivity index (χ0v) is 12.7. The van der Waals surface area contributed by atoms with Crippen LogP contribution in [0.25, 0.3) is 0 Å². The maximum Gasteiger partial charge on any atom is 0.0543 e. The monoisotopic (exact) mass is 315 g/mol. The molecule has 2 heteroatoms. The highest BCUT2D eigenvalue weighted by molar-refractivity contribution is 9.10. The molecule has 0 amide bonds. The minimum Gasteiger partial charge on any atom is -0.364 e. The Morgan fingerprint density at radius 1 is 1.05 bits per heavy atom. The smallest absolute Gasteiger partial charge is 0.0543 e. The normalized spacial score (nSPS) is 18.8. The van der Waals surface area contributed by atoms with Crippen molar-refractivity contribution in [3.8, 4) is 0 Å². The topological polar surface area (TPSA) is 3.24 Å². The van der Waals surface area contributed by atoms with Crippen LogP contribution in [0.2, 0.25) is 0 Å². The van der Waals surface area contributed by atoms with Crippen LogP contribution in [-0.2, 0) is 0 Å². The molecule has 2 aromatic carbocycles. The van der Waals surface area contributed by atoms with Crippen LogP contribution in [0.15, 0.2) is 53.0 Å². The Balaban J connectivity index is 1.94. The van der Waals surface area contributed by atoms with Crippen molar-refractivity contribution in [2.45, 2.75) is 25.8 Å². The summed E-state index contributed by atoms with van der Waals surface area (Å²) < 4.78 is 1.15. The van der Waals surface area contributed by atoms with Gasteiger partial charge in [0.05, 0.1) is 6.04 Å². The summed E-state index contributed by atoms with van der Waals surface area (Å²) >= 11 is 3.51. The summed E-state index contributed by atoms with van der Waals surface area (Å²) in [5.41, 5.74) is 4.17. The molecular weight excluding hydrogens is 298 g/mol. The van der Waals surface area contributed by atoms with Crippen molar-refractivity contribution in [3.63, 3.8) is 0 Å². The van der Waals surface area contributed by atoms with Crippen molar-refractivity contribution in [3.05, 3.63) is 64.1 Å². The lowest BCUT2D eigenvalue weighted by Crippen LogP contribution is -2.23. The van der Waals surface area contributed by atoms with Gasteiger partial charge in [0.1, 0.15) is 0 Å². The zero-order valence-electron chi connectivity index (χ0n) is 11.1. The first-order chi connectivity index (χ1) is 9.25. The second-order valence-electron chi connectivity index (χ2n) is 5.19. The number of aryl methyl sites for hydroxylation is 1. The molecule has 1 nitrogen and oxygen atoms in total. The SMILES string of the molecule is Cc1ccccc1N1CCCC1c1ccc(Br)cc1. The van der Waals surface area contributed by atoms with Gasteiger partial charge < -0.3 is 4.90 Å². The molecule has 0 aromatic heterocycles. The summed E-state index contributed by atoms with van der Waals surface area (Å²) in [6, 6.07) is 18.0. The minimum absolute atomic E-state index is 0.522. The van der Waals surface area contributed by atoms with Crippen molar-refractivity contribution in [2.75, 3.05) is 11.4 Å². The molecule has 1 heterocycles. The zero-order chi connectivity index (χ0) is 13.2. The molecular formula is C17H18BrN. The summed E-state index contributed by atoms with van der Waals surface area (Å²) in [6.07, 6.45) is 2.52. The Labute approximate surface area is 123 Å². The summed E-state index contributed by atoms with van der Waals surface area (Å²) in [4.78, 5) is 2.55. The standard InChI is InChI=1S/C17H18BrN/c1-13-5-2-3-6-16(13)19-12-4-7-17(19)14-8-10-15(18)11-9-14/h2-3,5-6,8-11,17H,4,7,12H2,1H3. The summed E-state index contributed by atoms with van der Waals surface area (Å²) in [6.45, 7) is 3.36. The largest absolute Gasteiger partial charge is 0.364 e. The second kappa shape index (κ2) is 5.38. The molecule has 98 valence electrons. The van der Waals surface area contributed by atoms with E-state index in [2.05, 4.69) is 76.3 Å². The third-order valence-corrected chi connectivity index (χ3v) is 4.46. The molecule has 0 saturated carbocycles. The number of para-hydroxylation sites is 1. The molecule has 0 N–H and O–H groups in total. The molecule has 19 heavy (non-hydrogen) atoms. The second-order valence-corrected chi connectivity index (χ2v) is 6.11. The molecule has 1 atom stereocenters. The predicted octanol–water partition coefficient (Wildman–Crippen LogP) is 5.10. The van der Waals surface area contributed by atoms with Crippen molar-refractivity contribution in [2.24, 2.45) is 0 Å². The van der Waals surface area contributed by atoms with Crippen LogP contribution >= 0.6 is 15.9 Å². The highest BCUT2D eigenvalue weighted by Crippen LogP contribution is 2.37. The van der Waals surface area contributed by atoms with Gasteiger partial charge in [0, 0.05) is 16.7 Å². The van der Waals surface area contributed by atoms with Crippen LogP contribution in [0.4, 0.5) is 5.69 Å². The first-order valence-electron chi connectivity index (χ1n) is 6.83. The van der Waals surface area contributed by atoms with Gasteiger partial charge in [-0.15, -0.1) is 0 Å². The fourth-order valence-electron chi connectivity index (χ4n) is 2.97. The van der Waals surface area contributed by atoms with E-state index in [4.69, 9.17) is 0 Å². The molecule has 1 unspecified atom stereocenters. The third-order valence-electron chi connectivity index (χ3n) is 3.93. The lowest BCUT2D eigenvalue weighted by molar-refractivity contribution is 0.717. The number of halogens is 1. The first kappa shape index (κ1) is 12.7. The molecule has 0 aliphatic carbocycles.